The molecule has 10 aromatic rings. The van der Waals surface area contributed by atoms with E-state index < -0.39 is 0 Å². The maximum Gasteiger partial charge on any atom is 0.355 e. The zero-order valence-corrected chi connectivity index (χ0v) is 28.9. The Balaban J connectivity index is 0.00000116. The lowest BCUT2D eigenvalue weighted by molar-refractivity contribution is 0.937. The van der Waals surface area contributed by atoms with Gasteiger partial charge in [0.25, 0.3) is 0 Å². The Kier molecular flexibility index (Phi) is 7.70. The van der Waals surface area contributed by atoms with Gasteiger partial charge in [0.15, 0.2) is 5.82 Å². The summed E-state index contributed by atoms with van der Waals surface area (Å²) in [6.45, 7) is 4.25. The Morgan fingerprint density at radius 1 is 0.462 bits per heavy atom. The van der Waals surface area contributed by atoms with Gasteiger partial charge in [0, 0.05) is 39.0 Å². The van der Waals surface area contributed by atoms with E-state index >= 15 is 0 Å². The van der Waals surface area contributed by atoms with Gasteiger partial charge in [-0.25, -0.2) is 14.2 Å². The molecule has 250 valence electrons. The summed E-state index contributed by atoms with van der Waals surface area (Å²) < 4.78 is 6.08. The van der Waals surface area contributed by atoms with Crippen LogP contribution < -0.4 is 5.69 Å². The van der Waals surface area contributed by atoms with Crippen molar-refractivity contribution in [2.24, 2.45) is 0 Å². The van der Waals surface area contributed by atoms with E-state index in [9.17, 15) is 4.79 Å². The Labute approximate surface area is 300 Å². The summed E-state index contributed by atoms with van der Waals surface area (Å²) in [5.74, 6) is 0.422. The van der Waals surface area contributed by atoms with Crippen LogP contribution >= 0.6 is 0 Å². The van der Waals surface area contributed by atoms with Crippen molar-refractivity contribution in [2.75, 3.05) is 0 Å². The maximum atomic E-state index is 13.3. The van der Waals surface area contributed by atoms with E-state index in [-0.39, 0.29) is 5.69 Å². The largest absolute Gasteiger partial charge is 0.355 e. The molecule has 0 N–H and O–H groups in total. The highest BCUT2D eigenvalue weighted by Crippen LogP contribution is 2.38. The quantitative estimate of drug-likeness (QED) is 0.187. The molecule has 10 rings (SSSR count). The number of aromatic nitrogens is 5. The summed E-state index contributed by atoms with van der Waals surface area (Å²) in [7, 11) is 0. The first kappa shape index (κ1) is 31.2. The molecule has 0 amide bonds. The van der Waals surface area contributed by atoms with Crippen molar-refractivity contribution in [3.05, 3.63) is 174 Å². The molecule has 0 aliphatic rings. The van der Waals surface area contributed by atoms with Crippen LogP contribution in [0.5, 0.6) is 0 Å². The Morgan fingerprint density at radius 2 is 0.962 bits per heavy atom. The molecule has 0 aliphatic carbocycles. The highest BCUT2D eigenvalue weighted by molar-refractivity contribution is 6.12. The number of rotatable bonds is 4. The van der Waals surface area contributed by atoms with Crippen LogP contribution in [-0.4, -0.2) is 23.5 Å². The Morgan fingerprint density at radius 3 is 1.56 bits per heavy atom. The summed E-state index contributed by atoms with van der Waals surface area (Å²) in [5, 5.41) is 4.73. The smallest absolute Gasteiger partial charge is 0.309 e. The Hall–Kier alpha value is -6.79. The molecule has 4 heterocycles. The predicted molar refractivity (Wildman–Crippen MR) is 215 cm³/mol. The first-order chi connectivity index (χ1) is 25.6. The van der Waals surface area contributed by atoms with Crippen molar-refractivity contribution in [2.45, 2.75) is 20.3 Å². The average molecular weight is 674 g/mol. The van der Waals surface area contributed by atoms with E-state index in [1.54, 1.807) is 0 Å². The maximum absolute atomic E-state index is 13.3. The molecule has 0 aliphatic heterocycles. The SMILES string of the molecule is CCC.O=c1nc(-c2ccccc2)nc2ccc(-n3c4ccccc4c4cc(-c5ccc6c(c5)c5ccccc5n6-c5ccccc5)ccc43)cn12. The van der Waals surface area contributed by atoms with Crippen molar-refractivity contribution in [1.82, 2.24) is 23.5 Å². The minimum atomic E-state index is -0.363. The molecule has 6 nitrogen and oxygen atoms in total. The summed E-state index contributed by atoms with van der Waals surface area (Å²) in [5.41, 5.74) is 9.80. The van der Waals surface area contributed by atoms with Crippen molar-refractivity contribution >= 4 is 49.3 Å². The van der Waals surface area contributed by atoms with E-state index in [2.05, 4.69) is 143 Å². The molecule has 4 aromatic heterocycles. The van der Waals surface area contributed by atoms with Crippen LogP contribution in [0.3, 0.4) is 0 Å². The second-order valence-corrected chi connectivity index (χ2v) is 13.0. The predicted octanol–water partition coefficient (Wildman–Crippen LogP) is 11.0. The fraction of sp³-hybridized carbons (Fsp3) is 0.0652. The van der Waals surface area contributed by atoms with Gasteiger partial charge in [-0.2, -0.15) is 4.98 Å². The molecule has 52 heavy (non-hydrogen) atoms. The number of hydrogen-bond acceptors (Lipinski definition) is 3. The topological polar surface area (TPSA) is 57.1 Å². The van der Waals surface area contributed by atoms with Gasteiger partial charge < -0.3 is 9.13 Å². The van der Waals surface area contributed by atoms with Crippen LogP contribution in [-0.2, 0) is 0 Å². The summed E-state index contributed by atoms with van der Waals surface area (Å²) in [4.78, 5) is 22.3. The summed E-state index contributed by atoms with van der Waals surface area (Å²) >= 11 is 0. The highest BCUT2D eigenvalue weighted by atomic mass is 16.1. The van der Waals surface area contributed by atoms with Gasteiger partial charge in [0.05, 0.1) is 27.8 Å². The first-order valence-electron chi connectivity index (χ1n) is 17.7. The third-order valence-electron chi connectivity index (χ3n) is 9.52. The molecule has 0 radical (unpaired) electrons. The summed E-state index contributed by atoms with van der Waals surface area (Å²) in [6, 6.07) is 54.5. The minimum Gasteiger partial charge on any atom is -0.309 e. The van der Waals surface area contributed by atoms with Crippen LogP contribution in [0.15, 0.2) is 169 Å². The molecule has 0 unspecified atom stereocenters. The van der Waals surface area contributed by atoms with Gasteiger partial charge in [0.1, 0.15) is 5.65 Å². The second kappa shape index (κ2) is 12.8. The molecule has 6 heteroatoms. The van der Waals surface area contributed by atoms with E-state index in [1.807, 2.05) is 48.7 Å². The fourth-order valence-corrected chi connectivity index (χ4v) is 7.29. The number of nitrogens with zero attached hydrogens (tertiary/aromatic N) is 5. The van der Waals surface area contributed by atoms with Gasteiger partial charge in [0.2, 0.25) is 0 Å². The standard InChI is InChI=1S/C43H27N5O.C3H8/c49-43-45-42(28-11-3-1-4-12-28)44-41-24-21-32(27-46(41)43)48-38-18-10-8-16-34(38)36-26-30(20-23-40(36)48)29-19-22-39-35(25-29)33-15-7-9-17-37(33)47(39)31-13-5-2-6-14-31;1-3-2/h1-27H;3H2,1-2H3. The zero-order chi connectivity index (χ0) is 35.2. The van der Waals surface area contributed by atoms with Crippen molar-refractivity contribution < 1.29 is 0 Å². The lowest BCUT2D eigenvalue weighted by atomic mass is 10.0. The molecular formula is C46H35N5O. The number of benzene rings is 6. The number of hydrogen-bond donors (Lipinski definition) is 0. The molecule has 0 spiro atoms. The van der Waals surface area contributed by atoms with Crippen molar-refractivity contribution in [1.29, 1.82) is 0 Å². The van der Waals surface area contributed by atoms with Gasteiger partial charge in [-0.1, -0.05) is 117 Å². The van der Waals surface area contributed by atoms with Crippen LogP contribution in [0.2, 0.25) is 0 Å². The van der Waals surface area contributed by atoms with Crippen LogP contribution in [0, 0.1) is 0 Å². The number of para-hydroxylation sites is 3. The first-order valence-corrected chi connectivity index (χ1v) is 17.7. The number of fused-ring (bicyclic) bond motifs is 7. The van der Waals surface area contributed by atoms with E-state index in [4.69, 9.17) is 4.98 Å². The zero-order valence-electron chi connectivity index (χ0n) is 28.9. The van der Waals surface area contributed by atoms with Crippen LogP contribution in [0.25, 0.3) is 83.1 Å². The van der Waals surface area contributed by atoms with E-state index in [1.165, 1.54) is 32.6 Å². The number of pyridine rings is 1. The van der Waals surface area contributed by atoms with Crippen molar-refractivity contribution in [3.8, 4) is 33.9 Å². The molecule has 6 aromatic carbocycles. The monoisotopic (exact) mass is 673 g/mol. The molecule has 0 bridgehead atoms. The molecule has 0 atom stereocenters. The Bertz CT molecular complexity index is 2970. The van der Waals surface area contributed by atoms with E-state index in [0.29, 0.717) is 11.5 Å². The van der Waals surface area contributed by atoms with E-state index in [0.717, 1.165) is 49.9 Å². The third kappa shape index (κ3) is 5.15. The fourth-order valence-electron chi connectivity index (χ4n) is 7.29. The average Bonchev–Trinajstić information content (AvgIpc) is 3.71. The molecule has 0 fully saturated rings. The lowest BCUT2D eigenvalue weighted by Crippen LogP contribution is -2.19. The second-order valence-electron chi connectivity index (χ2n) is 13.0. The molecular weight excluding hydrogens is 639 g/mol. The van der Waals surface area contributed by atoms with Gasteiger partial charge >= 0.3 is 5.69 Å². The molecule has 0 saturated heterocycles. The molecule has 0 saturated carbocycles. The summed E-state index contributed by atoms with van der Waals surface area (Å²) in [6.07, 6.45) is 3.09. The normalized spacial score (nSPS) is 11.4. The lowest BCUT2D eigenvalue weighted by Gasteiger charge is -2.11. The van der Waals surface area contributed by atoms with Crippen LogP contribution in [0.1, 0.15) is 20.3 Å². The van der Waals surface area contributed by atoms with Crippen LogP contribution in [0.4, 0.5) is 0 Å². The minimum absolute atomic E-state index is 0.363. The van der Waals surface area contributed by atoms with Gasteiger partial charge in [-0.15, -0.1) is 0 Å². The van der Waals surface area contributed by atoms with Gasteiger partial charge in [-0.05, 0) is 71.8 Å². The third-order valence-corrected chi connectivity index (χ3v) is 9.52. The highest BCUT2D eigenvalue weighted by Gasteiger charge is 2.17. The van der Waals surface area contributed by atoms with Crippen molar-refractivity contribution in [3.63, 3.8) is 0 Å². The van der Waals surface area contributed by atoms with Gasteiger partial charge in [-0.3, -0.25) is 0 Å².